The minimum Gasteiger partial charge on any atom is -0.496 e. The molecule has 0 aliphatic heterocycles. The number of alkyl halides is 3. The predicted octanol–water partition coefficient (Wildman–Crippen LogP) is 4.32. The van der Waals surface area contributed by atoms with Crippen LogP contribution in [-0.2, 0) is 9.53 Å². The van der Waals surface area contributed by atoms with Crippen molar-refractivity contribution < 1.29 is 32.5 Å². The first-order valence-electron chi connectivity index (χ1n) is 8.25. The fourth-order valence-corrected chi connectivity index (χ4v) is 2.60. The first-order valence-corrected chi connectivity index (χ1v) is 8.25. The summed E-state index contributed by atoms with van der Waals surface area (Å²) in [5, 5.41) is 10.3. The maximum atomic E-state index is 13.5. The smallest absolute Gasteiger partial charge is 0.428 e. The Morgan fingerprint density at radius 2 is 1.85 bits per heavy atom. The number of aliphatic hydroxyl groups is 1. The van der Waals surface area contributed by atoms with Crippen LogP contribution in [0.2, 0.25) is 0 Å². The Balaban J connectivity index is 3.39. The zero-order valence-electron chi connectivity index (χ0n) is 15.6. The van der Waals surface area contributed by atoms with Crippen LogP contribution in [0.15, 0.2) is 24.8 Å². The van der Waals surface area contributed by atoms with Crippen molar-refractivity contribution in [3.63, 3.8) is 0 Å². The Kier molecular flexibility index (Phi) is 6.88. The van der Waals surface area contributed by atoms with E-state index in [1.54, 1.807) is 18.2 Å². The summed E-state index contributed by atoms with van der Waals surface area (Å²) >= 11 is 0. The first kappa shape index (κ1) is 22.0. The van der Waals surface area contributed by atoms with Crippen LogP contribution in [0.25, 0.3) is 5.57 Å². The van der Waals surface area contributed by atoms with Gasteiger partial charge < -0.3 is 14.6 Å². The molecule has 0 fully saturated rings. The zero-order valence-corrected chi connectivity index (χ0v) is 15.6. The molecule has 4 nitrogen and oxygen atoms in total. The summed E-state index contributed by atoms with van der Waals surface area (Å²) in [5.74, 6) is -2.92. The molecule has 0 saturated carbocycles. The van der Waals surface area contributed by atoms with E-state index in [2.05, 4.69) is 11.3 Å². The van der Waals surface area contributed by atoms with Crippen LogP contribution >= 0.6 is 0 Å². The fourth-order valence-electron chi connectivity index (χ4n) is 2.60. The van der Waals surface area contributed by atoms with Gasteiger partial charge in [0.25, 0.3) is 5.60 Å². The van der Waals surface area contributed by atoms with Crippen molar-refractivity contribution in [2.75, 3.05) is 13.7 Å². The quantitative estimate of drug-likeness (QED) is 0.722. The lowest BCUT2D eigenvalue weighted by Crippen LogP contribution is -2.57. The molecule has 0 bridgehead atoms. The monoisotopic (exact) mass is 374 g/mol. The minimum atomic E-state index is -5.23. The lowest BCUT2D eigenvalue weighted by molar-refractivity contribution is -0.271. The van der Waals surface area contributed by atoms with Gasteiger partial charge in [-0.25, -0.2) is 4.79 Å². The van der Waals surface area contributed by atoms with Crippen molar-refractivity contribution in [1.29, 1.82) is 0 Å². The number of hydrogen-bond donors (Lipinski definition) is 1. The van der Waals surface area contributed by atoms with Gasteiger partial charge in [-0.2, -0.15) is 13.2 Å². The number of methoxy groups -OCH3 is 1. The highest BCUT2D eigenvalue weighted by Gasteiger charge is 2.64. The number of carbonyl (C=O) groups excluding carboxylic acids is 1. The summed E-state index contributed by atoms with van der Waals surface area (Å²) in [6, 6.07) is 5.03. The van der Waals surface area contributed by atoms with Gasteiger partial charge >= 0.3 is 12.1 Å². The number of esters is 1. The Morgan fingerprint density at radius 1 is 1.27 bits per heavy atom. The third kappa shape index (κ3) is 4.03. The van der Waals surface area contributed by atoms with Crippen molar-refractivity contribution in [2.45, 2.75) is 45.4 Å². The van der Waals surface area contributed by atoms with E-state index in [1.807, 2.05) is 13.8 Å². The average Bonchev–Trinajstić information content (AvgIpc) is 2.58. The molecule has 1 aromatic carbocycles. The van der Waals surface area contributed by atoms with Gasteiger partial charge in [0.15, 0.2) is 0 Å². The molecule has 0 radical (unpaired) electrons. The van der Waals surface area contributed by atoms with Crippen LogP contribution < -0.4 is 4.74 Å². The molecule has 1 rings (SSSR count). The molecule has 2 unspecified atom stereocenters. The second-order valence-corrected chi connectivity index (χ2v) is 6.35. The van der Waals surface area contributed by atoms with Gasteiger partial charge in [-0.3, -0.25) is 0 Å². The minimum absolute atomic E-state index is 0.0787. The van der Waals surface area contributed by atoms with E-state index in [0.717, 1.165) is 12.5 Å². The molecule has 146 valence electrons. The van der Waals surface area contributed by atoms with Gasteiger partial charge in [0.05, 0.1) is 13.7 Å². The van der Waals surface area contributed by atoms with Crippen LogP contribution in [0.5, 0.6) is 5.75 Å². The van der Waals surface area contributed by atoms with Crippen LogP contribution in [-0.4, -0.2) is 36.6 Å². The second-order valence-electron chi connectivity index (χ2n) is 6.35. The summed E-state index contributed by atoms with van der Waals surface area (Å²) in [4.78, 5) is 11.9. The lowest BCUT2D eigenvalue weighted by Gasteiger charge is -2.34. The average molecular weight is 374 g/mol. The molecule has 2 atom stereocenters. The SMILES string of the molecule is C=C(c1ccc(C(C)C)cc1OC)C(C)C(O)(C(=O)OCC)C(F)(F)F. The molecular weight excluding hydrogens is 349 g/mol. The number of rotatable bonds is 7. The fraction of sp³-hybridized carbons (Fsp3) is 0.526. The molecule has 0 aromatic heterocycles. The number of carbonyl (C=O) groups is 1. The van der Waals surface area contributed by atoms with E-state index in [-0.39, 0.29) is 23.7 Å². The molecule has 0 aliphatic rings. The van der Waals surface area contributed by atoms with Crippen LogP contribution in [0, 0.1) is 5.92 Å². The Morgan fingerprint density at radius 3 is 2.27 bits per heavy atom. The highest BCUT2D eigenvalue weighted by molar-refractivity contribution is 5.85. The standard InChI is InChI=1S/C19H25F3O4/c1-7-26-17(23)18(24,19(20,21)22)13(5)12(4)15-9-8-14(11(2)3)10-16(15)25-6/h8-11,13,24H,4,7H2,1-3,5-6H3. The number of halogens is 3. The van der Waals surface area contributed by atoms with Crippen LogP contribution in [0.4, 0.5) is 13.2 Å². The molecule has 7 heteroatoms. The molecule has 26 heavy (non-hydrogen) atoms. The van der Waals surface area contributed by atoms with Crippen LogP contribution in [0.3, 0.4) is 0 Å². The molecule has 1 N–H and O–H groups in total. The molecule has 0 spiro atoms. The number of hydrogen-bond acceptors (Lipinski definition) is 4. The highest BCUT2D eigenvalue weighted by atomic mass is 19.4. The van der Waals surface area contributed by atoms with E-state index < -0.39 is 23.7 Å². The van der Waals surface area contributed by atoms with Gasteiger partial charge in [-0.05, 0) is 30.0 Å². The van der Waals surface area contributed by atoms with E-state index in [4.69, 9.17) is 4.74 Å². The van der Waals surface area contributed by atoms with Crippen molar-refractivity contribution in [3.05, 3.63) is 35.9 Å². The summed E-state index contributed by atoms with van der Waals surface area (Å²) in [6.07, 6.45) is -5.23. The van der Waals surface area contributed by atoms with E-state index in [9.17, 15) is 23.1 Å². The largest absolute Gasteiger partial charge is 0.496 e. The van der Waals surface area contributed by atoms with Gasteiger partial charge in [-0.15, -0.1) is 0 Å². The third-order valence-corrected chi connectivity index (χ3v) is 4.41. The van der Waals surface area contributed by atoms with E-state index in [1.165, 1.54) is 14.0 Å². The number of ether oxygens (including phenoxy) is 2. The molecule has 0 aliphatic carbocycles. The Bertz CT molecular complexity index is 667. The molecular formula is C19H25F3O4. The van der Waals surface area contributed by atoms with E-state index >= 15 is 0 Å². The van der Waals surface area contributed by atoms with Crippen molar-refractivity contribution in [1.82, 2.24) is 0 Å². The van der Waals surface area contributed by atoms with E-state index in [0.29, 0.717) is 5.75 Å². The maximum Gasteiger partial charge on any atom is 0.428 e. The Labute approximate surface area is 151 Å². The summed E-state index contributed by atoms with van der Waals surface area (Å²) in [7, 11) is 1.39. The summed E-state index contributed by atoms with van der Waals surface area (Å²) < 4.78 is 50.3. The highest BCUT2D eigenvalue weighted by Crippen LogP contribution is 2.44. The molecule has 0 saturated heterocycles. The van der Waals surface area contributed by atoms with Crippen molar-refractivity contribution in [2.24, 2.45) is 5.92 Å². The van der Waals surface area contributed by atoms with Crippen molar-refractivity contribution in [3.8, 4) is 5.75 Å². The zero-order chi connectivity index (χ0) is 20.3. The topological polar surface area (TPSA) is 55.8 Å². The van der Waals surface area contributed by atoms with Crippen molar-refractivity contribution >= 4 is 11.5 Å². The second kappa shape index (κ2) is 8.12. The Hall–Kier alpha value is -2.02. The summed E-state index contributed by atoms with van der Waals surface area (Å²) in [6.45, 7) is 9.78. The number of benzene rings is 1. The molecule has 1 aromatic rings. The molecule has 0 heterocycles. The molecule has 0 amide bonds. The van der Waals surface area contributed by atoms with Gasteiger partial charge in [0.1, 0.15) is 5.75 Å². The summed E-state index contributed by atoms with van der Waals surface area (Å²) in [5.41, 5.74) is -2.56. The lowest BCUT2D eigenvalue weighted by atomic mass is 9.79. The predicted molar refractivity (Wildman–Crippen MR) is 92.9 cm³/mol. The normalized spacial score (nSPS) is 15.3. The van der Waals surface area contributed by atoms with Gasteiger partial charge in [-0.1, -0.05) is 39.5 Å². The van der Waals surface area contributed by atoms with Crippen LogP contribution in [0.1, 0.15) is 44.7 Å². The van der Waals surface area contributed by atoms with Gasteiger partial charge in [0.2, 0.25) is 0 Å². The third-order valence-electron chi connectivity index (χ3n) is 4.41. The maximum absolute atomic E-state index is 13.5. The first-order chi connectivity index (χ1) is 11.9. The van der Waals surface area contributed by atoms with Gasteiger partial charge in [0, 0.05) is 11.5 Å².